The lowest BCUT2D eigenvalue weighted by Crippen LogP contribution is -2.15. The van der Waals surface area contributed by atoms with Gasteiger partial charge in [-0.2, -0.15) is 0 Å². The van der Waals surface area contributed by atoms with Crippen LogP contribution >= 0.6 is 15.9 Å². The molecule has 1 aromatic heterocycles. The fourth-order valence-corrected chi connectivity index (χ4v) is 1.49. The molecule has 0 aromatic carbocycles. The van der Waals surface area contributed by atoms with E-state index in [1.165, 1.54) is 6.20 Å². The monoisotopic (exact) mass is 264 g/mol. The SMILES string of the molecule is CCS(=O)(=O)Nc1ccc(Br)cn1. The Hall–Kier alpha value is -0.620. The minimum absolute atomic E-state index is 0.0464. The Labute approximate surface area is 85.6 Å². The van der Waals surface area contributed by atoms with Crippen LogP contribution < -0.4 is 4.72 Å². The van der Waals surface area contributed by atoms with Crippen LogP contribution in [0.5, 0.6) is 0 Å². The van der Waals surface area contributed by atoms with Crippen molar-refractivity contribution in [2.45, 2.75) is 6.92 Å². The third-order valence-electron chi connectivity index (χ3n) is 1.37. The average Bonchev–Trinajstić information content (AvgIpc) is 2.09. The minimum atomic E-state index is -3.21. The molecule has 0 aliphatic rings. The van der Waals surface area contributed by atoms with Crippen LogP contribution in [0, 0.1) is 0 Å². The zero-order valence-corrected chi connectivity index (χ0v) is 9.39. The van der Waals surface area contributed by atoms with Gasteiger partial charge in [0.15, 0.2) is 0 Å². The van der Waals surface area contributed by atoms with E-state index in [0.717, 1.165) is 4.47 Å². The van der Waals surface area contributed by atoms with Gasteiger partial charge >= 0.3 is 0 Å². The van der Waals surface area contributed by atoms with Crippen LogP contribution in [0.25, 0.3) is 0 Å². The van der Waals surface area contributed by atoms with Crippen LogP contribution in [0.15, 0.2) is 22.8 Å². The van der Waals surface area contributed by atoms with E-state index in [2.05, 4.69) is 25.6 Å². The highest BCUT2D eigenvalue weighted by Gasteiger charge is 2.06. The lowest BCUT2D eigenvalue weighted by Gasteiger charge is -2.03. The molecule has 0 bridgehead atoms. The lowest BCUT2D eigenvalue weighted by molar-refractivity contribution is 0.602. The fraction of sp³-hybridized carbons (Fsp3) is 0.286. The second-order valence-electron chi connectivity index (χ2n) is 2.37. The quantitative estimate of drug-likeness (QED) is 0.903. The third kappa shape index (κ3) is 3.31. The number of rotatable bonds is 3. The van der Waals surface area contributed by atoms with Gasteiger partial charge in [0.2, 0.25) is 10.0 Å². The third-order valence-corrected chi connectivity index (χ3v) is 3.12. The Morgan fingerprint density at radius 3 is 2.69 bits per heavy atom. The number of nitrogens with zero attached hydrogens (tertiary/aromatic N) is 1. The molecule has 13 heavy (non-hydrogen) atoms. The van der Waals surface area contributed by atoms with Crippen molar-refractivity contribution >= 4 is 31.8 Å². The van der Waals surface area contributed by atoms with Crippen molar-refractivity contribution in [2.24, 2.45) is 0 Å². The normalized spacial score (nSPS) is 11.2. The van der Waals surface area contributed by atoms with Gasteiger partial charge in [-0.05, 0) is 35.0 Å². The highest BCUT2D eigenvalue weighted by Crippen LogP contribution is 2.11. The molecule has 0 fully saturated rings. The number of halogens is 1. The molecule has 0 saturated carbocycles. The average molecular weight is 265 g/mol. The van der Waals surface area contributed by atoms with Gasteiger partial charge in [0.25, 0.3) is 0 Å². The summed E-state index contributed by atoms with van der Waals surface area (Å²) in [4.78, 5) is 3.87. The van der Waals surface area contributed by atoms with E-state index in [1.807, 2.05) is 0 Å². The number of anilines is 1. The van der Waals surface area contributed by atoms with Gasteiger partial charge < -0.3 is 0 Å². The Morgan fingerprint density at radius 2 is 2.23 bits per heavy atom. The zero-order valence-electron chi connectivity index (χ0n) is 6.99. The van der Waals surface area contributed by atoms with Crippen LogP contribution in [0.4, 0.5) is 5.82 Å². The van der Waals surface area contributed by atoms with Crippen molar-refractivity contribution in [3.05, 3.63) is 22.8 Å². The lowest BCUT2D eigenvalue weighted by atomic mass is 10.5. The number of sulfonamides is 1. The number of hydrogen-bond acceptors (Lipinski definition) is 3. The summed E-state index contributed by atoms with van der Waals surface area (Å²) in [7, 11) is -3.21. The van der Waals surface area contributed by atoms with Crippen LogP contribution in [-0.2, 0) is 10.0 Å². The Bertz CT molecular complexity index is 374. The number of pyridine rings is 1. The first-order valence-corrected chi connectivity index (χ1v) is 6.10. The summed E-state index contributed by atoms with van der Waals surface area (Å²) in [5.41, 5.74) is 0. The summed E-state index contributed by atoms with van der Waals surface area (Å²) < 4.78 is 25.3. The Morgan fingerprint density at radius 1 is 1.54 bits per heavy atom. The molecule has 72 valence electrons. The van der Waals surface area contributed by atoms with Crippen LogP contribution in [0.2, 0.25) is 0 Å². The Kier molecular flexibility index (Phi) is 3.27. The molecule has 0 unspecified atom stereocenters. The van der Waals surface area contributed by atoms with Gasteiger partial charge in [-0.1, -0.05) is 0 Å². The summed E-state index contributed by atoms with van der Waals surface area (Å²) in [6, 6.07) is 3.32. The highest BCUT2D eigenvalue weighted by molar-refractivity contribution is 9.10. The van der Waals surface area contributed by atoms with E-state index in [1.54, 1.807) is 19.1 Å². The maximum atomic E-state index is 11.1. The standard InChI is InChI=1S/C7H9BrN2O2S/c1-2-13(11,12)10-7-4-3-6(8)5-9-7/h3-5H,2H2,1H3,(H,9,10). The van der Waals surface area contributed by atoms with Crippen LogP contribution in [0.3, 0.4) is 0 Å². The summed E-state index contributed by atoms with van der Waals surface area (Å²) in [6.45, 7) is 1.57. The molecule has 1 aromatic rings. The molecule has 0 spiro atoms. The molecule has 0 amide bonds. The number of hydrogen-bond donors (Lipinski definition) is 1. The van der Waals surface area contributed by atoms with E-state index in [9.17, 15) is 8.42 Å². The van der Waals surface area contributed by atoms with E-state index in [-0.39, 0.29) is 5.75 Å². The van der Waals surface area contributed by atoms with Crippen LogP contribution in [0.1, 0.15) is 6.92 Å². The zero-order chi connectivity index (χ0) is 9.90. The molecule has 4 nitrogen and oxygen atoms in total. The van der Waals surface area contributed by atoms with Crippen molar-refractivity contribution in [1.29, 1.82) is 0 Å². The number of aromatic nitrogens is 1. The molecular formula is C7H9BrN2O2S. The smallest absolute Gasteiger partial charge is 0.233 e. The Balaban J connectivity index is 2.82. The van der Waals surface area contributed by atoms with Gasteiger partial charge in [0.1, 0.15) is 5.82 Å². The number of nitrogens with one attached hydrogen (secondary N) is 1. The first-order chi connectivity index (χ1) is 6.03. The van der Waals surface area contributed by atoms with Crippen molar-refractivity contribution in [3.8, 4) is 0 Å². The van der Waals surface area contributed by atoms with E-state index < -0.39 is 10.0 Å². The second-order valence-corrected chi connectivity index (χ2v) is 5.29. The molecule has 1 N–H and O–H groups in total. The first kappa shape index (κ1) is 10.5. The molecule has 0 radical (unpaired) electrons. The topological polar surface area (TPSA) is 59.1 Å². The van der Waals surface area contributed by atoms with Gasteiger partial charge in [-0.3, -0.25) is 4.72 Å². The van der Waals surface area contributed by atoms with Crippen molar-refractivity contribution in [2.75, 3.05) is 10.5 Å². The highest BCUT2D eigenvalue weighted by atomic mass is 79.9. The summed E-state index contributed by atoms with van der Waals surface area (Å²) in [5.74, 6) is 0.384. The predicted molar refractivity (Wildman–Crippen MR) is 55.0 cm³/mol. The minimum Gasteiger partial charge on any atom is -0.267 e. The van der Waals surface area contributed by atoms with Gasteiger partial charge in [0.05, 0.1) is 5.75 Å². The van der Waals surface area contributed by atoms with E-state index in [0.29, 0.717) is 5.82 Å². The molecule has 1 heterocycles. The van der Waals surface area contributed by atoms with Crippen molar-refractivity contribution < 1.29 is 8.42 Å². The van der Waals surface area contributed by atoms with Gasteiger partial charge in [-0.25, -0.2) is 13.4 Å². The van der Waals surface area contributed by atoms with E-state index in [4.69, 9.17) is 0 Å². The first-order valence-electron chi connectivity index (χ1n) is 3.65. The maximum absolute atomic E-state index is 11.1. The fourth-order valence-electron chi connectivity index (χ4n) is 0.668. The molecular weight excluding hydrogens is 256 g/mol. The molecule has 0 atom stereocenters. The largest absolute Gasteiger partial charge is 0.267 e. The second kappa shape index (κ2) is 4.06. The summed E-state index contributed by atoms with van der Waals surface area (Å²) in [6.07, 6.45) is 1.54. The molecule has 6 heteroatoms. The maximum Gasteiger partial charge on any atom is 0.233 e. The summed E-state index contributed by atoms with van der Waals surface area (Å²) in [5, 5.41) is 0. The molecule has 1 rings (SSSR count). The van der Waals surface area contributed by atoms with Crippen LogP contribution in [-0.4, -0.2) is 19.2 Å². The van der Waals surface area contributed by atoms with Crippen molar-refractivity contribution in [3.63, 3.8) is 0 Å². The molecule has 0 aliphatic carbocycles. The molecule has 0 saturated heterocycles. The van der Waals surface area contributed by atoms with Gasteiger partial charge in [-0.15, -0.1) is 0 Å². The van der Waals surface area contributed by atoms with E-state index >= 15 is 0 Å². The predicted octanol–water partition coefficient (Wildman–Crippen LogP) is 1.61. The van der Waals surface area contributed by atoms with Gasteiger partial charge in [0, 0.05) is 10.7 Å². The summed E-state index contributed by atoms with van der Waals surface area (Å²) >= 11 is 3.20. The van der Waals surface area contributed by atoms with Crippen molar-refractivity contribution in [1.82, 2.24) is 4.98 Å². The molecule has 0 aliphatic heterocycles.